The van der Waals surface area contributed by atoms with Gasteiger partial charge in [-0.1, -0.05) is 27.7 Å². The standard InChI is InChI=1S/C12H27NO2/c1-10(2)7-12(3,4)9-13-11(8-15)5-6-14/h10-11,13-15H,5-9H2,1-4H3. The molecular formula is C12H27NO2. The van der Waals surface area contributed by atoms with Gasteiger partial charge < -0.3 is 15.5 Å². The van der Waals surface area contributed by atoms with Crippen molar-refractivity contribution in [3.05, 3.63) is 0 Å². The molecule has 3 N–H and O–H groups in total. The summed E-state index contributed by atoms with van der Waals surface area (Å²) in [5.41, 5.74) is 0.247. The Balaban J connectivity index is 3.89. The summed E-state index contributed by atoms with van der Waals surface area (Å²) in [6.45, 7) is 10.0. The van der Waals surface area contributed by atoms with E-state index in [4.69, 9.17) is 10.2 Å². The SMILES string of the molecule is CC(C)CC(C)(C)CNC(CO)CCO. The summed E-state index contributed by atoms with van der Waals surface area (Å²) >= 11 is 0. The number of hydrogen-bond donors (Lipinski definition) is 3. The van der Waals surface area contributed by atoms with Crippen molar-refractivity contribution in [2.45, 2.75) is 46.6 Å². The number of rotatable bonds is 8. The number of nitrogens with one attached hydrogen (secondary N) is 1. The van der Waals surface area contributed by atoms with Crippen molar-refractivity contribution in [3.63, 3.8) is 0 Å². The molecule has 0 aliphatic carbocycles. The van der Waals surface area contributed by atoms with Crippen molar-refractivity contribution in [1.82, 2.24) is 5.32 Å². The van der Waals surface area contributed by atoms with E-state index in [1.807, 2.05) is 0 Å². The topological polar surface area (TPSA) is 52.5 Å². The van der Waals surface area contributed by atoms with E-state index in [-0.39, 0.29) is 24.7 Å². The minimum atomic E-state index is 0.0291. The Labute approximate surface area is 93.9 Å². The van der Waals surface area contributed by atoms with E-state index in [1.54, 1.807) is 0 Å². The van der Waals surface area contributed by atoms with Crippen LogP contribution in [0.2, 0.25) is 0 Å². The third-order valence-corrected chi connectivity index (χ3v) is 2.53. The fourth-order valence-corrected chi connectivity index (χ4v) is 2.01. The van der Waals surface area contributed by atoms with Crippen LogP contribution in [-0.2, 0) is 0 Å². The molecule has 0 aromatic rings. The van der Waals surface area contributed by atoms with Crippen LogP contribution in [0.25, 0.3) is 0 Å². The first-order valence-electron chi connectivity index (χ1n) is 5.86. The zero-order chi connectivity index (χ0) is 11.9. The molecule has 3 nitrogen and oxygen atoms in total. The molecule has 92 valence electrons. The van der Waals surface area contributed by atoms with Crippen LogP contribution in [-0.4, -0.2) is 36.0 Å². The lowest BCUT2D eigenvalue weighted by molar-refractivity contribution is 0.180. The number of aliphatic hydroxyl groups is 2. The Kier molecular flexibility index (Phi) is 7.14. The van der Waals surface area contributed by atoms with Gasteiger partial charge in [-0.3, -0.25) is 0 Å². The minimum Gasteiger partial charge on any atom is -0.396 e. The molecule has 0 saturated carbocycles. The van der Waals surface area contributed by atoms with E-state index < -0.39 is 0 Å². The third kappa shape index (κ3) is 7.77. The Morgan fingerprint density at radius 1 is 1.20 bits per heavy atom. The van der Waals surface area contributed by atoms with Crippen molar-refractivity contribution < 1.29 is 10.2 Å². The van der Waals surface area contributed by atoms with Crippen LogP contribution >= 0.6 is 0 Å². The molecule has 0 spiro atoms. The molecule has 0 heterocycles. The van der Waals surface area contributed by atoms with Gasteiger partial charge >= 0.3 is 0 Å². The highest BCUT2D eigenvalue weighted by Crippen LogP contribution is 2.24. The van der Waals surface area contributed by atoms with E-state index in [0.29, 0.717) is 12.3 Å². The summed E-state index contributed by atoms with van der Waals surface area (Å²) in [6.07, 6.45) is 1.78. The Morgan fingerprint density at radius 3 is 2.20 bits per heavy atom. The summed E-state index contributed by atoms with van der Waals surface area (Å²) in [5.74, 6) is 0.687. The van der Waals surface area contributed by atoms with Gasteiger partial charge in [0.05, 0.1) is 6.61 Å². The largest absolute Gasteiger partial charge is 0.396 e. The summed E-state index contributed by atoms with van der Waals surface area (Å²) in [5, 5.41) is 21.2. The average Bonchev–Trinajstić information content (AvgIpc) is 2.10. The second kappa shape index (κ2) is 7.20. The lowest BCUT2D eigenvalue weighted by Gasteiger charge is -2.29. The molecular weight excluding hydrogens is 190 g/mol. The smallest absolute Gasteiger partial charge is 0.0585 e. The Bertz CT molecular complexity index is 158. The molecule has 1 unspecified atom stereocenters. The van der Waals surface area contributed by atoms with Gasteiger partial charge in [0.15, 0.2) is 0 Å². The van der Waals surface area contributed by atoms with E-state index >= 15 is 0 Å². The monoisotopic (exact) mass is 217 g/mol. The molecule has 0 bridgehead atoms. The molecule has 15 heavy (non-hydrogen) atoms. The van der Waals surface area contributed by atoms with Crippen LogP contribution in [0, 0.1) is 11.3 Å². The molecule has 0 aromatic heterocycles. The first-order chi connectivity index (χ1) is 6.91. The van der Waals surface area contributed by atoms with Gasteiger partial charge in [0.25, 0.3) is 0 Å². The lowest BCUT2D eigenvalue weighted by atomic mass is 9.84. The van der Waals surface area contributed by atoms with Crippen LogP contribution in [0.15, 0.2) is 0 Å². The second-order valence-corrected chi connectivity index (χ2v) is 5.53. The Morgan fingerprint density at radius 2 is 1.80 bits per heavy atom. The fraction of sp³-hybridized carbons (Fsp3) is 1.00. The maximum absolute atomic E-state index is 9.06. The molecule has 0 aromatic carbocycles. The van der Waals surface area contributed by atoms with Crippen molar-refractivity contribution in [3.8, 4) is 0 Å². The van der Waals surface area contributed by atoms with Gasteiger partial charge in [0.1, 0.15) is 0 Å². The molecule has 0 radical (unpaired) electrons. The van der Waals surface area contributed by atoms with E-state index in [9.17, 15) is 0 Å². The molecule has 3 heteroatoms. The van der Waals surface area contributed by atoms with Crippen LogP contribution in [0.3, 0.4) is 0 Å². The highest BCUT2D eigenvalue weighted by atomic mass is 16.3. The van der Waals surface area contributed by atoms with Gasteiger partial charge in [-0.05, 0) is 24.2 Å². The van der Waals surface area contributed by atoms with Crippen molar-refractivity contribution in [1.29, 1.82) is 0 Å². The van der Waals surface area contributed by atoms with Gasteiger partial charge in [0, 0.05) is 19.2 Å². The first kappa shape index (κ1) is 14.9. The van der Waals surface area contributed by atoms with Crippen LogP contribution in [0.4, 0.5) is 0 Å². The molecule has 0 saturated heterocycles. The van der Waals surface area contributed by atoms with Crippen LogP contribution in [0.5, 0.6) is 0 Å². The predicted molar refractivity (Wildman–Crippen MR) is 63.8 cm³/mol. The Hall–Kier alpha value is -0.120. The first-order valence-corrected chi connectivity index (χ1v) is 5.86. The van der Waals surface area contributed by atoms with Crippen molar-refractivity contribution in [2.75, 3.05) is 19.8 Å². The zero-order valence-corrected chi connectivity index (χ0v) is 10.6. The van der Waals surface area contributed by atoms with Gasteiger partial charge in [0.2, 0.25) is 0 Å². The van der Waals surface area contributed by atoms with Crippen LogP contribution < -0.4 is 5.32 Å². The van der Waals surface area contributed by atoms with Gasteiger partial charge in [-0.25, -0.2) is 0 Å². The number of hydrogen-bond acceptors (Lipinski definition) is 3. The molecule has 0 rings (SSSR count). The quantitative estimate of drug-likeness (QED) is 0.576. The molecule has 0 aliphatic rings. The molecule has 0 aliphatic heterocycles. The predicted octanol–water partition coefficient (Wildman–Crippen LogP) is 1.39. The average molecular weight is 217 g/mol. The van der Waals surface area contributed by atoms with Gasteiger partial charge in [-0.15, -0.1) is 0 Å². The highest BCUT2D eigenvalue weighted by Gasteiger charge is 2.20. The van der Waals surface area contributed by atoms with Crippen molar-refractivity contribution >= 4 is 0 Å². The maximum Gasteiger partial charge on any atom is 0.0585 e. The van der Waals surface area contributed by atoms with Crippen molar-refractivity contribution in [2.24, 2.45) is 11.3 Å². The van der Waals surface area contributed by atoms with Gasteiger partial charge in [-0.2, -0.15) is 0 Å². The van der Waals surface area contributed by atoms with E-state index in [0.717, 1.165) is 13.0 Å². The third-order valence-electron chi connectivity index (χ3n) is 2.53. The zero-order valence-electron chi connectivity index (χ0n) is 10.6. The molecule has 1 atom stereocenters. The summed E-state index contributed by atoms with van der Waals surface area (Å²) in [7, 11) is 0. The fourth-order valence-electron chi connectivity index (χ4n) is 2.01. The summed E-state index contributed by atoms with van der Waals surface area (Å²) in [4.78, 5) is 0. The molecule has 0 amide bonds. The second-order valence-electron chi connectivity index (χ2n) is 5.53. The lowest BCUT2D eigenvalue weighted by Crippen LogP contribution is -2.40. The minimum absolute atomic E-state index is 0.0291. The maximum atomic E-state index is 9.06. The van der Waals surface area contributed by atoms with Crippen LogP contribution in [0.1, 0.15) is 40.5 Å². The summed E-state index contributed by atoms with van der Waals surface area (Å²) < 4.78 is 0. The van der Waals surface area contributed by atoms with E-state index in [1.165, 1.54) is 0 Å². The number of aliphatic hydroxyl groups excluding tert-OH is 2. The highest BCUT2D eigenvalue weighted by molar-refractivity contribution is 4.76. The van der Waals surface area contributed by atoms with E-state index in [2.05, 4.69) is 33.0 Å². The summed E-state index contributed by atoms with van der Waals surface area (Å²) in [6, 6.07) is 0.0291. The normalized spacial score (nSPS) is 14.6. The molecule has 0 fully saturated rings.